The van der Waals surface area contributed by atoms with Gasteiger partial charge in [0.05, 0.1) is 13.7 Å². The summed E-state index contributed by atoms with van der Waals surface area (Å²) in [5.41, 5.74) is 0.235. The van der Waals surface area contributed by atoms with Crippen molar-refractivity contribution in [1.82, 2.24) is 10.0 Å². The average molecular weight is 359 g/mol. The molecule has 0 bridgehead atoms. The first-order valence-corrected chi connectivity index (χ1v) is 8.08. The average Bonchev–Trinajstić information content (AvgIpc) is 2.50. The lowest BCUT2D eigenvalue weighted by molar-refractivity contribution is -0.137. The van der Waals surface area contributed by atoms with Gasteiger partial charge in [0.2, 0.25) is 21.8 Å². The minimum absolute atomic E-state index is 0.0162. The van der Waals surface area contributed by atoms with Crippen LogP contribution in [0, 0.1) is 0 Å². The minimum Gasteiger partial charge on any atom is -0.495 e. The first-order chi connectivity index (χ1) is 11.2. The number of carbonyl (C=O) groups is 3. The Morgan fingerprint density at radius 3 is 2.42 bits per heavy atom. The fourth-order valence-corrected chi connectivity index (χ4v) is 2.82. The summed E-state index contributed by atoms with van der Waals surface area (Å²) < 4.78 is 31.6. The molecular weight excluding hydrogens is 342 g/mol. The zero-order valence-corrected chi connectivity index (χ0v) is 13.8. The Morgan fingerprint density at radius 2 is 1.88 bits per heavy atom. The number of hydrogen-bond acceptors (Lipinski definition) is 6. The molecule has 0 atom stereocenters. The fourth-order valence-electron chi connectivity index (χ4n) is 1.64. The zero-order chi connectivity index (χ0) is 18.3. The van der Waals surface area contributed by atoms with Gasteiger partial charge < -0.3 is 20.5 Å². The van der Waals surface area contributed by atoms with Gasteiger partial charge in [-0.1, -0.05) is 0 Å². The van der Waals surface area contributed by atoms with Crippen molar-refractivity contribution in [1.29, 1.82) is 0 Å². The molecule has 132 valence electrons. The minimum atomic E-state index is -4.13. The van der Waals surface area contributed by atoms with Gasteiger partial charge in [-0.05, 0) is 18.2 Å². The predicted octanol–water partition coefficient (Wildman–Crippen LogP) is -0.867. The van der Waals surface area contributed by atoms with Crippen LogP contribution < -0.4 is 20.1 Å². The van der Waals surface area contributed by atoms with Gasteiger partial charge in [-0.15, -0.1) is 0 Å². The molecule has 10 nitrogen and oxygen atoms in total. The predicted molar refractivity (Wildman–Crippen MR) is 83.1 cm³/mol. The molecule has 4 N–H and O–H groups in total. The molecule has 11 heteroatoms. The van der Waals surface area contributed by atoms with Crippen LogP contribution in [0.1, 0.15) is 6.92 Å². The first kappa shape index (κ1) is 19.4. The lowest BCUT2D eigenvalue weighted by Gasteiger charge is -2.12. The van der Waals surface area contributed by atoms with Crippen LogP contribution in [0.15, 0.2) is 23.1 Å². The Hall–Kier alpha value is -2.66. The second-order valence-corrected chi connectivity index (χ2v) is 6.28. The maximum absolute atomic E-state index is 12.3. The molecule has 0 spiro atoms. The first-order valence-electron chi connectivity index (χ1n) is 6.59. The van der Waals surface area contributed by atoms with Crippen molar-refractivity contribution in [3.63, 3.8) is 0 Å². The zero-order valence-electron chi connectivity index (χ0n) is 13.0. The van der Waals surface area contributed by atoms with E-state index in [-0.39, 0.29) is 22.2 Å². The molecule has 0 fully saturated rings. The number of amides is 2. The maximum Gasteiger partial charge on any atom is 0.322 e. The number of nitrogens with one attached hydrogen (secondary N) is 3. The van der Waals surface area contributed by atoms with Gasteiger partial charge in [0.1, 0.15) is 17.2 Å². The van der Waals surface area contributed by atoms with Crippen LogP contribution in [0.2, 0.25) is 0 Å². The van der Waals surface area contributed by atoms with E-state index in [0.717, 1.165) is 0 Å². The number of ether oxygens (including phenoxy) is 1. The Morgan fingerprint density at radius 1 is 1.21 bits per heavy atom. The van der Waals surface area contributed by atoms with Crippen LogP contribution in [0.3, 0.4) is 0 Å². The smallest absolute Gasteiger partial charge is 0.322 e. The SMILES string of the molecule is COc1ccc(NC(C)=O)cc1S(=O)(=O)NCC(=O)NCC(=O)O. The number of anilines is 1. The van der Waals surface area contributed by atoms with Gasteiger partial charge >= 0.3 is 5.97 Å². The molecule has 0 saturated carbocycles. The summed E-state index contributed by atoms with van der Waals surface area (Å²) in [6.07, 6.45) is 0. The molecule has 24 heavy (non-hydrogen) atoms. The number of benzene rings is 1. The summed E-state index contributed by atoms with van der Waals surface area (Å²) in [4.78, 5) is 32.5. The van der Waals surface area contributed by atoms with E-state index in [1.54, 1.807) is 0 Å². The molecular formula is C13H17N3O7S. The topological polar surface area (TPSA) is 151 Å². The van der Waals surface area contributed by atoms with Crippen molar-refractivity contribution in [3.05, 3.63) is 18.2 Å². The van der Waals surface area contributed by atoms with Gasteiger partial charge in [-0.25, -0.2) is 13.1 Å². The summed E-state index contributed by atoms with van der Waals surface area (Å²) in [6.45, 7) is -0.00548. The van der Waals surface area contributed by atoms with E-state index in [9.17, 15) is 22.8 Å². The lowest BCUT2D eigenvalue weighted by atomic mass is 10.3. The largest absolute Gasteiger partial charge is 0.495 e. The quantitative estimate of drug-likeness (QED) is 0.471. The number of rotatable bonds is 8. The van der Waals surface area contributed by atoms with E-state index in [0.29, 0.717) is 0 Å². The normalized spacial score (nSPS) is 10.8. The number of sulfonamides is 1. The monoisotopic (exact) mass is 359 g/mol. The molecule has 0 saturated heterocycles. The molecule has 1 aromatic carbocycles. The number of carbonyl (C=O) groups excluding carboxylic acids is 2. The third-order valence-corrected chi connectivity index (χ3v) is 4.06. The highest BCUT2D eigenvalue weighted by Gasteiger charge is 2.21. The standard InChI is InChI=1S/C13H17N3O7S/c1-8(17)16-9-3-4-10(23-2)11(5-9)24(21,22)15-6-12(18)14-7-13(19)20/h3-5,15H,6-7H2,1-2H3,(H,14,18)(H,16,17)(H,19,20). The Balaban J connectivity index is 2.93. The Labute approximate surface area is 138 Å². The van der Waals surface area contributed by atoms with Crippen LogP contribution >= 0.6 is 0 Å². The molecule has 0 aromatic heterocycles. The summed E-state index contributed by atoms with van der Waals surface area (Å²) in [6, 6.07) is 3.99. The maximum atomic E-state index is 12.3. The van der Waals surface area contributed by atoms with E-state index in [4.69, 9.17) is 9.84 Å². The molecule has 1 aromatic rings. The second kappa shape index (κ2) is 8.26. The summed E-state index contributed by atoms with van der Waals surface area (Å²) in [5, 5.41) is 12.9. The van der Waals surface area contributed by atoms with Crippen molar-refractivity contribution >= 4 is 33.5 Å². The summed E-state index contributed by atoms with van der Waals surface area (Å²) in [5.74, 6) is -2.43. The number of aliphatic carboxylic acids is 1. The van der Waals surface area contributed by atoms with Crippen molar-refractivity contribution in [2.45, 2.75) is 11.8 Å². The third kappa shape index (κ3) is 5.85. The highest BCUT2D eigenvalue weighted by molar-refractivity contribution is 7.89. The summed E-state index contributed by atoms with van der Waals surface area (Å²) >= 11 is 0. The van der Waals surface area contributed by atoms with E-state index < -0.39 is 35.0 Å². The van der Waals surface area contributed by atoms with Crippen molar-refractivity contribution in [3.8, 4) is 5.75 Å². The fraction of sp³-hybridized carbons (Fsp3) is 0.308. The highest BCUT2D eigenvalue weighted by Crippen LogP contribution is 2.26. The summed E-state index contributed by atoms with van der Waals surface area (Å²) in [7, 11) is -2.86. The van der Waals surface area contributed by atoms with Crippen molar-refractivity contribution in [2.75, 3.05) is 25.5 Å². The van der Waals surface area contributed by atoms with Gasteiger partial charge in [-0.3, -0.25) is 14.4 Å². The molecule has 1 rings (SSSR count). The van der Waals surface area contributed by atoms with Crippen molar-refractivity contribution < 1.29 is 32.6 Å². The van der Waals surface area contributed by atoms with Gasteiger partial charge in [0.15, 0.2) is 0 Å². The van der Waals surface area contributed by atoms with E-state index in [2.05, 4.69) is 5.32 Å². The molecule has 0 unspecified atom stereocenters. The molecule has 0 radical (unpaired) electrons. The van der Waals surface area contributed by atoms with Crippen LogP contribution in [-0.4, -0.2) is 51.5 Å². The molecule has 2 amide bonds. The van der Waals surface area contributed by atoms with Gasteiger partial charge in [-0.2, -0.15) is 0 Å². The van der Waals surface area contributed by atoms with Crippen molar-refractivity contribution in [2.24, 2.45) is 0 Å². The van der Waals surface area contributed by atoms with Crippen LogP contribution in [0.25, 0.3) is 0 Å². The number of hydrogen-bond donors (Lipinski definition) is 4. The van der Waals surface area contributed by atoms with E-state index in [1.165, 1.54) is 32.2 Å². The highest BCUT2D eigenvalue weighted by atomic mass is 32.2. The van der Waals surface area contributed by atoms with Crippen LogP contribution in [0.5, 0.6) is 5.75 Å². The molecule has 0 aliphatic rings. The van der Waals surface area contributed by atoms with Gasteiger partial charge in [0.25, 0.3) is 0 Å². The van der Waals surface area contributed by atoms with Crippen LogP contribution in [-0.2, 0) is 24.4 Å². The molecule has 0 aliphatic heterocycles. The van der Waals surface area contributed by atoms with E-state index in [1.807, 2.05) is 10.0 Å². The molecule has 0 heterocycles. The van der Waals surface area contributed by atoms with E-state index >= 15 is 0 Å². The van der Waals surface area contributed by atoms with Crippen LogP contribution in [0.4, 0.5) is 5.69 Å². The third-order valence-electron chi connectivity index (χ3n) is 2.63. The number of carboxylic acids is 1. The second-order valence-electron chi connectivity index (χ2n) is 4.54. The lowest BCUT2D eigenvalue weighted by Crippen LogP contribution is -2.39. The van der Waals surface area contributed by atoms with Gasteiger partial charge in [0, 0.05) is 12.6 Å². The Bertz CT molecular complexity index is 746. The molecule has 0 aliphatic carbocycles. The Kier molecular flexibility index (Phi) is 6.68. The number of carboxylic acid groups (broad SMARTS) is 1. The number of methoxy groups -OCH3 is 1.